The SMILES string of the molecule is C[C@@H](C(=O)OCc1ccccc1)N(C(=O)OC(C)(C)C)C1CC1. The number of carbonyl (C=O) groups is 2. The molecule has 126 valence electrons. The maximum Gasteiger partial charge on any atom is 0.411 e. The second-order valence-corrected chi connectivity index (χ2v) is 6.89. The lowest BCUT2D eigenvalue weighted by atomic mass is 10.2. The van der Waals surface area contributed by atoms with Gasteiger partial charge in [-0.25, -0.2) is 9.59 Å². The van der Waals surface area contributed by atoms with Gasteiger partial charge in [0.05, 0.1) is 0 Å². The minimum Gasteiger partial charge on any atom is -0.459 e. The summed E-state index contributed by atoms with van der Waals surface area (Å²) < 4.78 is 10.8. The first-order chi connectivity index (χ1) is 10.8. The van der Waals surface area contributed by atoms with Gasteiger partial charge in [0, 0.05) is 6.04 Å². The molecule has 1 fully saturated rings. The van der Waals surface area contributed by atoms with Gasteiger partial charge in [0.25, 0.3) is 0 Å². The molecule has 1 atom stereocenters. The molecule has 23 heavy (non-hydrogen) atoms. The van der Waals surface area contributed by atoms with E-state index in [1.54, 1.807) is 6.92 Å². The van der Waals surface area contributed by atoms with E-state index in [9.17, 15) is 9.59 Å². The lowest BCUT2D eigenvalue weighted by Crippen LogP contribution is -2.47. The Kier molecular flexibility index (Phi) is 5.29. The van der Waals surface area contributed by atoms with Crippen LogP contribution in [0.15, 0.2) is 30.3 Å². The zero-order valence-electron chi connectivity index (χ0n) is 14.2. The average Bonchev–Trinajstić information content (AvgIpc) is 3.28. The number of nitrogens with zero attached hydrogens (tertiary/aromatic N) is 1. The van der Waals surface area contributed by atoms with Crippen LogP contribution in [0.3, 0.4) is 0 Å². The van der Waals surface area contributed by atoms with E-state index in [1.807, 2.05) is 51.1 Å². The molecule has 5 heteroatoms. The van der Waals surface area contributed by atoms with Gasteiger partial charge in [-0.3, -0.25) is 4.90 Å². The molecule has 1 aromatic carbocycles. The smallest absolute Gasteiger partial charge is 0.411 e. The molecule has 0 radical (unpaired) electrons. The Morgan fingerprint density at radius 1 is 1.22 bits per heavy atom. The highest BCUT2D eigenvalue weighted by Crippen LogP contribution is 2.30. The molecular formula is C18H25NO4. The van der Waals surface area contributed by atoms with E-state index in [1.165, 1.54) is 4.90 Å². The van der Waals surface area contributed by atoms with Gasteiger partial charge in [0.2, 0.25) is 0 Å². The maximum atomic E-state index is 12.4. The van der Waals surface area contributed by atoms with E-state index in [0.29, 0.717) is 0 Å². The maximum absolute atomic E-state index is 12.4. The molecule has 0 spiro atoms. The van der Waals surface area contributed by atoms with Crippen LogP contribution in [0.4, 0.5) is 4.79 Å². The summed E-state index contributed by atoms with van der Waals surface area (Å²) in [6.45, 7) is 7.34. The third-order valence-electron chi connectivity index (χ3n) is 3.53. The van der Waals surface area contributed by atoms with Crippen molar-refractivity contribution in [2.45, 2.75) is 64.8 Å². The van der Waals surface area contributed by atoms with Gasteiger partial charge in [-0.1, -0.05) is 30.3 Å². The van der Waals surface area contributed by atoms with Crippen molar-refractivity contribution in [1.29, 1.82) is 0 Å². The van der Waals surface area contributed by atoms with Crippen LogP contribution in [0, 0.1) is 0 Å². The number of esters is 1. The third kappa shape index (κ3) is 5.27. The summed E-state index contributed by atoms with van der Waals surface area (Å²) in [6.07, 6.45) is 1.34. The quantitative estimate of drug-likeness (QED) is 0.779. The Labute approximate surface area is 137 Å². The average molecular weight is 319 g/mol. The number of ether oxygens (including phenoxy) is 2. The number of carbonyl (C=O) groups excluding carboxylic acids is 2. The Bertz CT molecular complexity index is 546. The van der Waals surface area contributed by atoms with Gasteiger partial charge < -0.3 is 9.47 Å². The predicted molar refractivity (Wildman–Crippen MR) is 86.8 cm³/mol. The summed E-state index contributed by atoms with van der Waals surface area (Å²) in [5, 5.41) is 0. The van der Waals surface area contributed by atoms with Crippen molar-refractivity contribution in [2.75, 3.05) is 0 Å². The number of hydrogen-bond acceptors (Lipinski definition) is 4. The van der Waals surface area contributed by atoms with Gasteiger partial charge >= 0.3 is 12.1 Å². The van der Waals surface area contributed by atoms with Crippen molar-refractivity contribution >= 4 is 12.1 Å². The second-order valence-electron chi connectivity index (χ2n) is 6.89. The molecule has 1 saturated carbocycles. The summed E-state index contributed by atoms with van der Waals surface area (Å²) in [5.41, 5.74) is 0.334. The minimum absolute atomic E-state index is 0.0733. The fourth-order valence-corrected chi connectivity index (χ4v) is 2.25. The van der Waals surface area contributed by atoms with Crippen LogP contribution >= 0.6 is 0 Å². The summed E-state index contributed by atoms with van der Waals surface area (Å²) in [4.78, 5) is 26.2. The van der Waals surface area contributed by atoms with Crippen LogP contribution < -0.4 is 0 Å². The standard InChI is InChI=1S/C18H25NO4/c1-13(16(20)22-12-14-8-6-5-7-9-14)19(15-10-11-15)17(21)23-18(2,3)4/h5-9,13,15H,10-12H2,1-4H3/t13-/m0/s1. The van der Waals surface area contributed by atoms with E-state index < -0.39 is 23.7 Å². The molecule has 2 rings (SSSR count). The zero-order valence-corrected chi connectivity index (χ0v) is 14.2. The van der Waals surface area contributed by atoms with E-state index in [2.05, 4.69) is 0 Å². The molecule has 0 aliphatic heterocycles. The molecule has 0 heterocycles. The second kappa shape index (κ2) is 7.02. The Morgan fingerprint density at radius 3 is 2.35 bits per heavy atom. The molecule has 1 amide bonds. The van der Waals surface area contributed by atoms with Crippen LogP contribution in [0.1, 0.15) is 46.1 Å². The van der Waals surface area contributed by atoms with E-state index >= 15 is 0 Å². The van der Waals surface area contributed by atoms with Crippen molar-refractivity contribution in [3.05, 3.63) is 35.9 Å². The largest absolute Gasteiger partial charge is 0.459 e. The third-order valence-corrected chi connectivity index (χ3v) is 3.53. The van der Waals surface area contributed by atoms with Gasteiger partial charge in [-0.2, -0.15) is 0 Å². The lowest BCUT2D eigenvalue weighted by molar-refractivity contribution is -0.150. The highest BCUT2D eigenvalue weighted by molar-refractivity contribution is 5.81. The van der Waals surface area contributed by atoms with Crippen molar-refractivity contribution in [2.24, 2.45) is 0 Å². The van der Waals surface area contributed by atoms with Crippen LogP contribution in [0.5, 0.6) is 0 Å². The van der Waals surface area contributed by atoms with E-state index in [0.717, 1.165) is 18.4 Å². The molecule has 1 aliphatic carbocycles. The monoisotopic (exact) mass is 319 g/mol. The fraction of sp³-hybridized carbons (Fsp3) is 0.556. The van der Waals surface area contributed by atoms with Crippen LogP contribution in [-0.2, 0) is 20.9 Å². The van der Waals surface area contributed by atoms with Crippen molar-refractivity contribution < 1.29 is 19.1 Å². The first-order valence-corrected chi connectivity index (χ1v) is 8.00. The van der Waals surface area contributed by atoms with Gasteiger partial charge in [-0.15, -0.1) is 0 Å². The summed E-state index contributed by atoms with van der Waals surface area (Å²) in [7, 11) is 0. The lowest BCUT2D eigenvalue weighted by Gasteiger charge is -2.30. The number of amides is 1. The molecule has 0 saturated heterocycles. The van der Waals surface area contributed by atoms with Gasteiger partial charge in [-0.05, 0) is 46.1 Å². The molecule has 0 aromatic heterocycles. The Balaban J connectivity index is 1.96. The van der Waals surface area contributed by atoms with E-state index in [-0.39, 0.29) is 12.6 Å². The van der Waals surface area contributed by atoms with Gasteiger partial charge in [0.15, 0.2) is 0 Å². The van der Waals surface area contributed by atoms with E-state index in [4.69, 9.17) is 9.47 Å². The number of rotatable bonds is 5. The zero-order chi connectivity index (χ0) is 17.0. The molecule has 1 aliphatic rings. The van der Waals surface area contributed by atoms with Crippen LogP contribution in [0.2, 0.25) is 0 Å². The number of benzene rings is 1. The highest BCUT2D eigenvalue weighted by Gasteiger charge is 2.41. The van der Waals surface area contributed by atoms with Crippen molar-refractivity contribution in [1.82, 2.24) is 4.90 Å². The summed E-state index contributed by atoms with van der Waals surface area (Å²) >= 11 is 0. The number of hydrogen-bond donors (Lipinski definition) is 0. The van der Waals surface area contributed by atoms with Gasteiger partial charge in [0.1, 0.15) is 18.2 Å². The summed E-state index contributed by atoms with van der Waals surface area (Å²) in [5.74, 6) is -0.411. The van der Waals surface area contributed by atoms with Crippen molar-refractivity contribution in [3.8, 4) is 0 Å². The Hall–Kier alpha value is -2.04. The fourth-order valence-electron chi connectivity index (χ4n) is 2.25. The first-order valence-electron chi connectivity index (χ1n) is 8.00. The van der Waals surface area contributed by atoms with Crippen LogP contribution in [-0.4, -0.2) is 34.6 Å². The highest BCUT2D eigenvalue weighted by atomic mass is 16.6. The topological polar surface area (TPSA) is 55.8 Å². The predicted octanol–water partition coefficient (Wildman–Crippen LogP) is 3.52. The normalized spacial score (nSPS) is 15.7. The Morgan fingerprint density at radius 2 is 1.83 bits per heavy atom. The van der Waals surface area contributed by atoms with Crippen LogP contribution in [0.25, 0.3) is 0 Å². The molecular weight excluding hydrogens is 294 g/mol. The van der Waals surface area contributed by atoms with Crippen molar-refractivity contribution in [3.63, 3.8) is 0 Å². The molecule has 0 bridgehead atoms. The summed E-state index contributed by atoms with van der Waals surface area (Å²) in [6, 6.07) is 8.90. The first kappa shape index (κ1) is 17.3. The molecule has 1 aromatic rings. The molecule has 0 unspecified atom stereocenters. The minimum atomic E-state index is -0.652. The molecule has 5 nitrogen and oxygen atoms in total. The molecule has 0 N–H and O–H groups in total.